The average Bonchev–Trinajstić information content (AvgIpc) is 2.72. The summed E-state index contributed by atoms with van der Waals surface area (Å²) in [5, 5.41) is 2.95. The van der Waals surface area contributed by atoms with Crippen molar-refractivity contribution in [3.8, 4) is 10.4 Å². The summed E-state index contributed by atoms with van der Waals surface area (Å²) in [6.45, 7) is 10.0. The molecule has 3 aromatic rings. The summed E-state index contributed by atoms with van der Waals surface area (Å²) in [4.78, 5) is 8.80. The molecule has 156 valence electrons. The lowest BCUT2D eigenvalue weighted by molar-refractivity contribution is 0.294. The molecule has 1 atom stereocenters. The maximum atomic E-state index is 6.29. The van der Waals surface area contributed by atoms with Gasteiger partial charge in [-0.3, -0.25) is 4.99 Å². The number of hydrogen-bond donors (Lipinski definition) is 0. The zero-order valence-electron chi connectivity index (χ0n) is 17.4. The van der Waals surface area contributed by atoms with Gasteiger partial charge in [-0.05, 0) is 69.2 Å². The molecule has 2 nitrogen and oxygen atoms in total. The highest BCUT2D eigenvalue weighted by Gasteiger charge is 2.07. The second-order valence-corrected chi connectivity index (χ2v) is 8.67. The lowest BCUT2D eigenvalue weighted by Gasteiger charge is -2.18. The van der Waals surface area contributed by atoms with Crippen LogP contribution in [0.3, 0.4) is 0 Å². The summed E-state index contributed by atoms with van der Waals surface area (Å²) >= 11 is 8.08. The molecule has 0 radical (unpaired) electrons. The maximum Gasteiger partial charge on any atom is 0.0678 e. The third-order valence-electron chi connectivity index (χ3n) is 5.11. The second kappa shape index (κ2) is 11.7. The Morgan fingerprint density at radius 1 is 1.03 bits per heavy atom. The standard InChI is InChI=1S/C24H29ClN2S.ClH/c1-4-27(5-2)15-9-10-18(3)26-22-17-24(19-11-7-6-8-12-19)28-23-14-13-20(25)16-21(22)23;/h6-8,11-14,16-18H,4-5,9-10,15H2,1-3H3;1H. The molecule has 0 spiro atoms. The Bertz CT molecular complexity index is 966. The Balaban J connectivity index is 0.00000300. The van der Waals surface area contributed by atoms with E-state index in [1.54, 1.807) is 11.3 Å². The van der Waals surface area contributed by atoms with Crippen molar-refractivity contribution in [2.75, 3.05) is 19.6 Å². The summed E-state index contributed by atoms with van der Waals surface area (Å²) in [7, 11) is 0. The van der Waals surface area contributed by atoms with Crippen molar-refractivity contribution in [2.24, 2.45) is 4.99 Å². The summed E-state index contributed by atoms with van der Waals surface area (Å²) < 4.78 is 1.22. The van der Waals surface area contributed by atoms with Crippen molar-refractivity contribution in [3.63, 3.8) is 0 Å². The summed E-state index contributed by atoms with van der Waals surface area (Å²) in [5.74, 6) is 0. The van der Waals surface area contributed by atoms with Crippen LogP contribution in [0.5, 0.6) is 0 Å². The minimum Gasteiger partial charge on any atom is -0.304 e. The van der Waals surface area contributed by atoms with Gasteiger partial charge >= 0.3 is 0 Å². The lowest BCUT2D eigenvalue weighted by atomic mass is 10.1. The summed E-state index contributed by atoms with van der Waals surface area (Å²) in [6.07, 6.45) is 2.27. The van der Waals surface area contributed by atoms with Gasteiger partial charge in [-0.15, -0.1) is 23.7 Å². The molecular formula is C24H30Cl2N2S. The van der Waals surface area contributed by atoms with E-state index in [-0.39, 0.29) is 18.4 Å². The van der Waals surface area contributed by atoms with E-state index >= 15 is 0 Å². The van der Waals surface area contributed by atoms with Gasteiger partial charge in [0.1, 0.15) is 0 Å². The van der Waals surface area contributed by atoms with E-state index in [1.807, 2.05) is 12.1 Å². The third kappa shape index (κ3) is 6.55. The number of nitrogens with zero attached hydrogens (tertiary/aromatic N) is 2. The van der Waals surface area contributed by atoms with E-state index < -0.39 is 0 Å². The molecule has 0 bridgehead atoms. The van der Waals surface area contributed by atoms with Crippen LogP contribution in [0.25, 0.3) is 20.5 Å². The largest absolute Gasteiger partial charge is 0.304 e. The number of hydrogen-bond acceptors (Lipinski definition) is 3. The molecule has 29 heavy (non-hydrogen) atoms. The second-order valence-electron chi connectivity index (χ2n) is 7.15. The van der Waals surface area contributed by atoms with Crippen molar-refractivity contribution in [2.45, 2.75) is 39.7 Å². The quantitative estimate of drug-likeness (QED) is 0.360. The van der Waals surface area contributed by atoms with E-state index in [0.29, 0.717) is 0 Å². The Hall–Kier alpha value is -1.39. The SMILES string of the molecule is CCN(CC)CCCC(C)N=c1cc(-c2ccccc2)sc2ccc(Cl)cc12.Cl. The molecule has 1 unspecified atom stereocenters. The van der Waals surface area contributed by atoms with Gasteiger partial charge in [0.25, 0.3) is 0 Å². The predicted molar refractivity (Wildman–Crippen MR) is 132 cm³/mol. The van der Waals surface area contributed by atoms with Crippen molar-refractivity contribution < 1.29 is 0 Å². The minimum atomic E-state index is 0. The van der Waals surface area contributed by atoms with Gasteiger partial charge in [0.15, 0.2) is 0 Å². The van der Waals surface area contributed by atoms with E-state index in [1.165, 1.54) is 21.6 Å². The highest BCUT2D eigenvalue weighted by atomic mass is 35.5. The van der Waals surface area contributed by atoms with Crippen LogP contribution < -0.4 is 5.36 Å². The number of benzene rings is 2. The van der Waals surface area contributed by atoms with Gasteiger partial charge in [-0.25, -0.2) is 0 Å². The molecular weight excluding hydrogens is 419 g/mol. The molecule has 1 aromatic heterocycles. The zero-order valence-corrected chi connectivity index (χ0v) is 19.8. The molecule has 0 saturated heterocycles. The molecule has 0 aliphatic heterocycles. The highest BCUT2D eigenvalue weighted by molar-refractivity contribution is 7.21. The number of halogens is 2. The lowest BCUT2D eigenvalue weighted by Crippen LogP contribution is -2.24. The Kier molecular flexibility index (Phi) is 9.64. The van der Waals surface area contributed by atoms with Crippen LogP contribution in [0.15, 0.2) is 59.6 Å². The van der Waals surface area contributed by atoms with Gasteiger partial charge in [0.05, 0.1) is 5.36 Å². The average molecular weight is 449 g/mol. The molecule has 0 saturated carbocycles. The molecule has 0 amide bonds. The smallest absolute Gasteiger partial charge is 0.0678 e. The highest BCUT2D eigenvalue weighted by Crippen LogP contribution is 2.29. The van der Waals surface area contributed by atoms with E-state index in [4.69, 9.17) is 16.6 Å². The Morgan fingerprint density at radius 3 is 2.45 bits per heavy atom. The topological polar surface area (TPSA) is 15.6 Å². The molecule has 1 heterocycles. The van der Waals surface area contributed by atoms with Crippen LogP contribution in [0.1, 0.15) is 33.6 Å². The fourth-order valence-electron chi connectivity index (χ4n) is 3.44. The summed E-state index contributed by atoms with van der Waals surface area (Å²) in [5.41, 5.74) is 1.23. The molecule has 2 aromatic carbocycles. The van der Waals surface area contributed by atoms with Gasteiger partial charge in [-0.2, -0.15) is 0 Å². The van der Waals surface area contributed by atoms with Gasteiger partial charge in [-0.1, -0.05) is 55.8 Å². The van der Waals surface area contributed by atoms with Crippen LogP contribution in [-0.4, -0.2) is 30.6 Å². The first-order chi connectivity index (χ1) is 13.6. The first-order valence-corrected chi connectivity index (χ1v) is 11.3. The van der Waals surface area contributed by atoms with E-state index in [0.717, 1.165) is 41.8 Å². The number of rotatable bonds is 8. The van der Waals surface area contributed by atoms with Crippen LogP contribution in [-0.2, 0) is 0 Å². The first kappa shape index (κ1) is 23.9. The Labute approximate surface area is 189 Å². The van der Waals surface area contributed by atoms with Gasteiger partial charge in [0.2, 0.25) is 0 Å². The van der Waals surface area contributed by atoms with Crippen molar-refractivity contribution in [1.29, 1.82) is 0 Å². The summed E-state index contributed by atoms with van der Waals surface area (Å²) in [6, 6.07) is 19.2. The monoisotopic (exact) mass is 448 g/mol. The Morgan fingerprint density at radius 2 is 1.76 bits per heavy atom. The van der Waals surface area contributed by atoms with Gasteiger partial charge in [0, 0.05) is 26.0 Å². The molecule has 5 heteroatoms. The van der Waals surface area contributed by atoms with E-state index in [9.17, 15) is 0 Å². The van der Waals surface area contributed by atoms with Crippen LogP contribution in [0, 0.1) is 0 Å². The third-order valence-corrected chi connectivity index (χ3v) is 6.50. The molecule has 0 aliphatic rings. The van der Waals surface area contributed by atoms with Gasteiger partial charge < -0.3 is 4.90 Å². The predicted octanol–water partition coefficient (Wildman–Crippen LogP) is 7.05. The van der Waals surface area contributed by atoms with Crippen LogP contribution in [0.4, 0.5) is 0 Å². The minimum absolute atomic E-state index is 0. The van der Waals surface area contributed by atoms with Crippen LogP contribution >= 0.6 is 35.3 Å². The number of fused-ring (bicyclic) bond motifs is 1. The molecule has 0 N–H and O–H groups in total. The van der Waals surface area contributed by atoms with E-state index in [2.05, 4.69) is 68.1 Å². The molecule has 3 rings (SSSR count). The molecule has 0 fully saturated rings. The normalized spacial score (nSPS) is 12.9. The molecule has 0 aliphatic carbocycles. The van der Waals surface area contributed by atoms with Crippen molar-refractivity contribution >= 4 is 45.4 Å². The van der Waals surface area contributed by atoms with Crippen molar-refractivity contribution in [1.82, 2.24) is 4.90 Å². The fourth-order valence-corrected chi connectivity index (χ4v) is 4.69. The zero-order chi connectivity index (χ0) is 19.9. The van der Waals surface area contributed by atoms with Crippen LogP contribution in [0.2, 0.25) is 5.02 Å². The van der Waals surface area contributed by atoms with Crippen molar-refractivity contribution in [3.05, 3.63) is 65.0 Å². The first-order valence-electron chi connectivity index (χ1n) is 10.2. The maximum absolute atomic E-state index is 6.29. The fraction of sp³-hybridized carbons (Fsp3) is 0.375.